The summed E-state index contributed by atoms with van der Waals surface area (Å²) < 4.78 is 6.54. The second-order valence-corrected chi connectivity index (χ2v) is 6.40. The largest absolute Gasteiger partial charge is 0.383 e. The highest BCUT2D eigenvalue weighted by Gasteiger charge is 2.14. The molecule has 1 aromatic carbocycles. The van der Waals surface area contributed by atoms with Gasteiger partial charge in [-0.1, -0.05) is 30.8 Å². The van der Waals surface area contributed by atoms with Crippen molar-refractivity contribution in [1.82, 2.24) is 20.2 Å². The quantitative estimate of drug-likeness (QED) is 0.531. The fraction of sp³-hybridized carbons (Fsp3) is 0.412. The summed E-state index contributed by atoms with van der Waals surface area (Å²) in [5.74, 6) is -0.485. The molecule has 0 aliphatic heterocycles. The molecule has 2 rings (SSSR count). The highest BCUT2D eigenvalue weighted by molar-refractivity contribution is 7.99. The Bertz CT molecular complexity index is 837. The Kier molecular flexibility index (Phi) is 7.61. The average Bonchev–Trinajstić information content (AvgIpc) is 2.64. The van der Waals surface area contributed by atoms with E-state index in [4.69, 9.17) is 4.74 Å². The van der Waals surface area contributed by atoms with Gasteiger partial charge >= 0.3 is 6.03 Å². The van der Waals surface area contributed by atoms with Crippen molar-refractivity contribution in [3.05, 3.63) is 34.6 Å². The predicted octanol–water partition coefficient (Wildman–Crippen LogP) is 1.37. The number of nitrogens with one attached hydrogen (secondary N) is 2. The van der Waals surface area contributed by atoms with E-state index in [1.807, 2.05) is 6.92 Å². The van der Waals surface area contributed by atoms with Crippen LogP contribution in [0.15, 0.2) is 34.2 Å². The molecule has 140 valence electrons. The van der Waals surface area contributed by atoms with Gasteiger partial charge in [-0.25, -0.2) is 9.78 Å². The molecule has 1 heterocycles. The summed E-state index contributed by atoms with van der Waals surface area (Å²) >= 11 is 1.10. The molecule has 8 nitrogen and oxygen atoms in total. The molecule has 0 aliphatic carbocycles. The molecule has 2 aromatic rings. The van der Waals surface area contributed by atoms with Crippen LogP contribution >= 0.6 is 11.8 Å². The molecule has 0 saturated carbocycles. The van der Waals surface area contributed by atoms with Crippen molar-refractivity contribution in [2.75, 3.05) is 26.0 Å². The van der Waals surface area contributed by atoms with E-state index in [0.29, 0.717) is 35.8 Å². The molecule has 0 unspecified atom stereocenters. The lowest BCUT2D eigenvalue weighted by Crippen LogP contribution is -2.40. The maximum absolute atomic E-state index is 12.7. The van der Waals surface area contributed by atoms with Gasteiger partial charge in [-0.2, -0.15) is 0 Å². The van der Waals surface area contributed by atoms with Crippen molar-refractivity contribution in [1.29, 1.82) is 0 Å². The summed E-state index contributed by atoms with van der Waals surface area (Å²) in [6.07, 6.45) is 0.781. The van der Waals surface area contributed by atoms with Crippen LogP contribution in [0.5, 0.6) is 0 Å². The normalized spacial score (nSPS) is 10.7. The molecule has 0 saturated heterocycles. The predicted molar refractivity (Wildman–Crippen MR) is 100 cm³/mol. The van der Waals surface area contributed by atoms with Gasteiger partial charge in [0.05, 0.1) is 29.8 Å². The van der Waals surface area contributed by atoms with Gasteiger partial charge in [0, 0.05) is 13.7 Å². The number of para-hydroxylation sites is 1. The number of carbonyl (C=O) groups is 2. The molecule has 3 amide bonds. The van der Waals surface area contributed by atoms with Crippen LogP contribution in [-0.2, 0) is 16.1 Å². The van der Waals surface area contributed by atoms with E-state index < -0.39 is 11.9 Å². The van der Waals surface area contributed by atoms with E-state index in [2.05, 4.69) is 15.6 Å². The third-order valence-electron chi connectivity index (χ3n) is 3.47. The van der Waals surface area contributed by atoms with Crippen molar-refractivity contribution in [3.8, 4) is 0 Å². The molecule has 0 fully saturated rings. The molecule has 0 radical (unpaired) electrons. The number of urea groups is 1. The number of rotatable bonds is 8. The van der Waals surface area contributed by atoms with Crippen molar-refractivity contribution < 1.29 is 14.3 Å². The van der Waals surface area contributed by atoms with Crippen LogP contribution in [0.4, 0.5) is 4.79 Å². The number of amides is 3. The van der Waals surface area contributed by atoms with Gasteiger partial charge in [-0.3, -0.25) is 19.5 Å². The molecule has 0 spiro atoms. The molecule has 0 atom stereocenters. The van der Waals surface area contributed by atoms with E-state index in [9.17, 15) is 14.4 Å². The van der Waals surface area contributed by atoms with Gasteiger partial charge in [0.2, 0.25) is 5.91 Å². The zero-order valence-electron chi connectivity index (χ0n) is 14.8. The number of imide groups is 1. The van der Waals surface area contributed by atoms with Gasteiger partial charge in [0.15, 0.2) is 5.16 Å². The average molecular weight is 378 g/mol. The molecule has 2 N–H and O–H groups in total. The summed E-state index contributed by atoms with van der Waals surface area (Å²) in [5, 5.41) is 5.74. The number of hydrogen-bond donors (Lipinski definition) is 2. The van der Waals surface area contributed by atoms with Crippen LogP contribution in [0, 0.1) is 0 Å². The molecule has 0 aliphatic rings. The highest BCUT2D eigenvalue weighted by Crippen LogP contribution is 2.17. The van der Waals surface area contributed by atoms with Crippen molar-refractivity contribution in [2.45, 2.75) is 25.0 Å². The van der Waals surface area contributed by atoms with Crippen LogP contribution in [0.3, 0.4) is 0 Å². The van der Waals surface area contributed by atoms with Crippen molar-refractivity contribution in [3.63, 3.8) is 0 Å². The van der Waals surface area contributed by atoms with Crippen molar-refractivity contribution >= 4 is 34.6 Å². The summed E-state index contributed by atoms with van der Waals surface area (Å²) in [6.45, 7) is 3.09. The minimum Gasteiger partial charge on any atom is -0.383 e. The number of hydrogen-bond acceptors (Lipinski definition) is 6. The number of carbonyl (C=O) groups excluding carboxylic acids is 2. The zero-order chi connectivity index (χ0) is 18.9. The summed E-state index contributed by atoms with van der Waals surface area (Å²) in [7, 11) is 1.55. The number of benzene rings is 1. The Morgan fingerprint density at radius 1 is 1.31 bits per heavy atom. The minimum absolute atomic E-state index is 0.0304. The maximum Gasteiger partial charge on any atom is 0.321 e. The van der Waals surface area contributed by atoms with Gasteiger partial charge in [0.1, 0.15) is 0 Å². The maximum atomic E-state index is 12.7. The van der Waals surface area contributed by atoms with E-state index in [1.165, 1.54) is 4.57 Å². The second kappa shape index (κ2) is 9.93. The van der Waals surface area contributed by atoms with E-state index in [-0.39, 0.29) is 11.3 Å². The topological polar surface area (TPSA) is 102 Å². The SMILES string of the molecule is CCCNC(=O)NC(=O)CSc1nc2ccccc2c(=O)n1CCOC. The Morgan fingerprint density at radius 3 is 2.81 bits per heavy atom. The number of ether oxygens (including phenoxy) is 1. The fourth-order valence-electron chi connectivity index (χ4n) is 2.21. The minimum atomic E-state index is -0.527. The Labute approximate surface area is 155 Å². The number of methoxy groups -OCH3 is 1. The number of nitrogens with zero attached hydrogens (tertiary/aromatic N) is 2. The lowest BCUT2D eigenvalue weighted by Gasteiger charge is -2.12. The first-order chi connectivity index (χ1) is 12.6. The monoisotopic (exact) mass is 378 g/mol. The number of aromatic nitrogens is 2. The molecule has 0 bridgehead atoms. The first-order valence-electron chi connectivity index (χ1n) is 8.25. The lowest BCUT2D eigenvalue weighted by molar-refractivity contribution is -0.117. The number of thioether (sulfide) groups is 1. The molecular weight excluding hydrogens is 356 g/mol. The standard InChI is InChI=1S/C17H22N4O4S/c1-3-8-18-16(24)20-14(22)11-26-17-19-13-7-5-4-6-12(13)15(23)21(17)9-10-25-2/h4-7H,3,8-11H2,1-2H3,(H2,18,20,22,24). The van der Waals surface area contributed by atoms with Crippen LogP contribution in [0.2, 0.25) is 0 Å². The Hall–Kier alpha value is -2.39. The summed E-state index contributed by atoms with van der Waals surface area (Å²) in [4.78, 5) is 40.6. The molecule has 1 aromatic heterocycles. The first kappa shape index (κ1) is 19.9. The Balaban J connectivity index is 2.15. The molecule has 26 heavy (non-hydrogen) atoms. The van der Waals surface area contributed by atoms with Gasteiger partial charge in [-0.15, -0.1) is 0 Å². The van der Waals surface area contributed by atoms with Crippen LogP contribution < -0.4 is 16.2 Å². The fourth-order valence-corrected chi connectivity index (χ4v) is 3.04. The van der Waals surface area contributed by atoms with Gasteiger partial charge in [-0.05, 0) is 18.6 Å². The van der Waals surface area contributed by atoms with E-state index in [0.717, 1.165) is 18.2 Å². The Morgan fingerprint density at radius 2 is 2.08 bits per heavy atom. The van der Waals surface area contributed by atoms with Crippen LogP contribution in [-0.4, -0.2) is 47.5 Å². The lowest BCUT2D eigenvalue weighted by atomic mass is 10.2. The van der Waals surface area contributed by atoms with Gasteiger partial charge < -0.3 is 10.1 Å². The van der Waals surface area contributed by atoms with Crippen molar-refractivity contribution in [2.24, 2.45) is 0 Å². The first-order valence-corrected chi connectivity index (χ1v) is 9.24. The summed E-state index contributed by atoms with van der Waals surface area (Å²) in [6, 6.07) is 6.52. The third-order valence-corrected chi connectivity index (χ3v) is 4.44. The zero-order valence-corrected chi connectivity index (χ0v) is 15.6. The highest BCUT2D eigenvalue weighted by atomic mass is 32.2. The molecule has 9 heteroatoms. The van der Waals surface area contributed by atoms with Gasteiger partial charge in [0.25, 0.3) is 5.56 Å². The second-order valence-electron chi connectivity index (χ2n) is 5.45. The smallest absolute Gasteiger partial charge is 0.321 e. The van der Waals surface area contributed by atoms with E-state index in [1.54, 1.807) is 31.4 Å². The third kappa shape index (κ3) is 5.30. The van der Waals surface area contributed by atoms with E-state index >= 15 is 0 Å². The number of fused-ring (bicyclic) bond motifs is 1. The summed E-state index contributed by atoms with van der Waals surface area (Å²) in [5.41, 5.74) is 0.381. The van der Waals surface area contributed by atoms with Crippen LogP contribution in [0.1, 0.15) is 13.3 Å². The van der Waals surface area contributed by atoms with Crippen LogP contribution in [0.25, 0.3) is 10.9 Å². The molecular formula is C17H22N4O4S.